The van der Waals surface area contributed by atoms with E-state index in [4.69, 9.17) is 5.73 Å². The Morgan fingerprint density at radius 1 is 1.35 bits per heavy atom. The van der Waals surface area contributed by atoms with Crippen LogP contribution in [-0.2, 0) is 6.42 Å². The van der Waals surface area contributed by atoms with Crippen LogP contribution in [0.15, 0.2) is 18.2 Å². The number of benzene rings is 1. The Kier molecular flexibility index (Phi) is 5.06. The lowest BCUT2D eigenvalue weighted by atomic mass is 9.99. The molecule has 112 valence electrons. The van der Waals surface area contributed by atoms with E-state index in [0.717, 1.165) is 32.5 Å². The van der Waals surface area contributed by atoms with Crippen molar-refractivity contribution in [2.45, 2.75) is 45.7 Å². The minimum Gasteiger partial charge on any atom is -0.366 e. The SMILES string of the molecule is CCC(N)Cc1ccc(N2CCN(C)CC2C)cc1C. The lowest BCUT2D eigenvalue weighted by molar-refractivity contribution is 0.275. The molecule has 1 aromatic carbocycles. The summed E-state index contributed by atoms with van der Waals surface area (Å²) in [7, 11) is 2.20. The zero-order chi connectivity index (χ0) is 14.7. The summed E-state index contributed by atoms with van der Waals surface area (Å²) < 4.78 is 0. The predicted molar refractivity (Wildman–Crippen MR) is 87.5 cm³/mol. The molecule has 0 aliphatic carbocycles. The first-order chi connectivity index (χ1) is 9.51. The Balaban J connectivity index is 2.12. The molecule has 0 radical (unpaired) electrons. The van der Waals surface area contributed by atoms with Crippen molar-refractivity contribution in [1.29, 1.82) is 0 Å². The normalized spacial score (nSPS) is 22.1. The van der Waals surface area contributed by atoms with E-state index in [-0.39, 0.29) is 6.04 Å². The second-order valence-corrected chi connectivity index (χ2v) is 6.29. The van der Waals surface area contributed by atoms with E-state index in [9.17, 15) is 0 Å². The zero-order valence-corrected chi connectivity index (χ0v) is 13.4. The Labute approximate surface area is 123 Å². The number of anilines is 1. The maximum atomic E-state index is 6.08. The molecule has 20 heavy (non-hydrogen) atoms. The zero-order valence-electron chi connectivity index (χ0n) is 13.4. The van der Waals surface area contributed by atoms with Gasteiger partial charge in [-0.05, 0) is 57.0 Å². The van der Waals surface area contributed by atoms with Crippen LogP contribution in [0.3, 0.4) is 0 Å². The van der Waals surface area contributed by atoms with Crippen LogP contribution < -0.4 is 10.6 Å². The van der Waals surface area contributed by atoms with Crippen molar-refractivity contribution < 1.29 is 0 Å². The number of aryl methyl sites for hydroxylation is 1. The van der Waals surface area contributed by atoms with Crippen molar-refractivity contribution in [3.8, 4) is 0 Å². The Hall–Kier alpha value is -1.06. The number of hydrogen-bond donors (Lipinski definition) is 1. The molecule has 3 heteroatoms. The minimum atomic E-state index is 0.280. The van der Waals surface area contributed by atoms with Gasteiger partial charge in [-0.1, -0.05) is 13.0 Å². The van der Waals surface area contributed by atoms with E-state index < -0.39 is 0 Å². The second kappa shape index (κ2) is 6.59. The quantitative estimate of drug-likeness (QED) is 0.916. The molecule has 1 fully saturated rings. The predicted octanol–water partition coefficient (Wildman–Crippen LogP) is 2.42. The molecule has 2 N–H and O–H groups in total. The van der Waals surface area contributed by atoms with Crippen LogP contribution in [0.2, 0.25) is 0 Å². The molecule has 2 atom stereocenters. The van der Waals surface area contributed by atoms with Gasteiger partial charge in [-0.25, -0.2) is 0 Å². The van der Waals surface area contributed by atoms with Crippen molar-refractivity contribution in [1.82, 2.24) is 4.90 Å². The molecule has 0 saturated carbocycles. The monoisotopic (exact) mass is 275 g/mol. The van der Waals surface area contributed by atoms with E-state index in [0.29, 0.717) is 6.04 Å². The highest BCUT2D eigenvalue weighted by atomic mass is 15.3. The van der Waals surface area contributed by atoms with Crippen LogP contribution in [0.4, 0.5) is 5.69 Å². The summed E-state index contributed by atoms with van der Waals surface area (Å²) in [5, 5.41) is 0. The van der Waals surface area contributed by atoms with Gasteiger partial charge < -0.3 is 15.5 Å². The maximum Gasteiger partial charge on any atom is 0.0389 e. The van der Waals surface area contributed by atoms with Gasteiger partial charge in [0.25, 0.3) is 0 Å². The van der Waals surface area contributed by atoms with Gasteiger partial charge in [-0.15, -0.1) is 0 Å². The number of hydrogen-bond acceptors (Lipinski definition) is 3. The van der Waals surface area contributed by atoms with E-state index in [1.54, 1.807) is 0 Å². The molecule has 1 aliphatic rings. The van der Waals surface area contributed by atoms with Crippen LogP contribution in [-0.4, -0.2) is 43.7 Å². The van der Waals surface area contributed by atoms with Gasteiger partial charge in [0, 0.05) is 37.4 Å². The highest BCUT2D eigenvalue weighted by Gasteiger charge is 2.21. The first-order valence-corrected chi connectivity index (χ1v) is 7.81. The lowest BCUT2D eigenvalue weighted by Crippen LogP contribution is -2.50. The first-order valence-electron chi connectivity index (χ1n) is 7.81. The largest absolute Gasteiger partial charge is 0.366 e. The van der Waals surface area contributed by atoms with Crippen molar-refractivity contribution in [3.63, 3.8) is 0 Å². The molecule has 0 amide bonds. The summed E-state index contributed by atoms with van der Waals surface area (Å²) in [6.45, 7) is 10.1. The van der Waals surface area contributed by atoms with Gasteiger partial charge in [-0.3, -0.25) is 0 Å². The summed E-state index contributed by atoms with van der Waals surface area (Å²) in [5.74, 6) is 0. The summed E-state index contributed by atoms with van der Waals surface area (Å²) in [6.07, 6.45) is 2.03. The number of nitrogens with zero attached hydrogens (tertiary/aromatic N) is 2. The van der Waals surface area contributed by atoms with Crippen LogP contribution in [0.1, 0.15) is 31.4 Å². The first kappa shape index (κ1) is 15.3. The summed E-state index contributed by atoms with van der Waals surface area (Å²) in [5.41, 5.74) is 10.2. The topological polar surface area (TPSA) is 32.5 Å². The van der Waals surface area contributed by atoms with E-state index in [2.05, 4.69) is 55.8 Å². The van der Waals surface area contributed by atoms with Crippen LogP contribution >= 0.6 is 0 Å². The van der Waals surface area contributed by atoms with Crippen molar-refractivity contribution in [2.75, 3.05) is 31.6 Å². The fourth-order valence-corrected chi connectivity index (χ4v) is 3.04. The van der Waals surface area contributed by atoms with Crippen molar-refractivity contribution in [2.24, 2.45) is 5.73 Å². The van der Waals surface area contributed by atoms with Gasteiger partial charge in [0.1, 0.15) is 0 Å². The molecule has 3 nitrogen and oxygen atoms in total. The molecule has 0 bridgehead atoms. The fourth-order valence-electron chi connectivity index (χ4n) is 3.04. The van der Waals surface area contributed by atoms with Gasteiger partial charge in [0.15, 0.2) is 0 Å². The molecule has 2 unspecified atom stereocenters. The minimum absolute atomic E-state index is 0.280. The van der Waals surface area contributed by atoms with Crippen LogP contribution in [0.5, 0.6) is 0 Å². The number of likely N-dealkylation sites (N-methyl/N-ethyl adjacent to an activating group) is 1. The third-order valence-corrected chi connectivity index (χ3v) is 4.49. The van der Waals surface area contributed by atoms with E-state index in [1.165, 1.54) is 16.8 Å². The smallest absolute Gasteiger partial charge is 0.0389 e. The molecule has 2 rings (SSSR count). The average Bonchev–Trinajstić information content (AvgIpc) is 2.41. The number of nitrogens with two attached hydrogens (primary N) is 1. The standard InChI is InChI=1S/C17H29N3/c1-5-16(18)11-15-6-7-17(10-13(15)2)20-9-8-19(4)12-14(20)3/h6-7,10,14,16H,5,8-9,11-12,18H2,1-4H3. The Morgan fingerprint density at radius 3 is 2.70 bits per heavy atom. The molecule has 1 saturated heterocycles. The van der Waals surface area contributed by atoms with Gasteiger partial charge >= 0.3 is 0 Å². The fraction of sp³-hybridized carbons (Fsp3) is 0.647. The number of rotatable bonds is 4. The van der Waals surface area contributed by atoms with Gasteiger partial charge in [-0.2, -0.15) is 0 Å². The summed E-state index contributed by atoms with van der Waals surface area (Å²) in [6, 6.07) is 7.73. The maximum absolute atomic E-state index is 6.08. The Bertz CT molecular complexity index is 444. The summed E-state index contributed by atoms with van der Waals surface area (Å²) >= 11 is 0. The molecular formula is C17H29N3. The van der Waals surface area contributed by atoms with Crippen LogP contribution in [0, 0.1) is 6.92 Å². The van der Waals surface area contributed by atoms with Gasteiger partial charge in [0.05, 0.1) is 0 Å². The highest BCUT2D eigenvalue weighted by Crippen LogP contribution is 2.24. The van der Waals surface area contributed by atoms with Gasteiger partial charge in [0.2, 0.25) is 0 Å². The van der Waals surface area contributed by atoms with Crippen molar-refractivity contribution in [3.05, 3.63) is 29.3 Å². The van der Waals surface area contributed by atoms with E-state index in [1.807, 2.05) is 0 Å². The molecule has 1 heterocycles. The molecular weight excluding hydrogens is 246 g/mol. The second-order valence-electron chi connectivity index (χ2n) is 6.29. The third kappa shape index (κ3) is 3.53. The Morgan fingerprint density at radius 2 is 2.10 bits per heavy atom. The average molecular weight is 275 g/mol. The molecule has 1 aliphatic heterocycles. The van der Waals surface area contributed by atoms with Crippen LogP contribution in [0.25, 0.3) is 0 Å². The van der Waals surface area contributed by atoms with E-state index >= 15 is 0 Å². The molecule has 0 spiro atoms. The lowest BCUT2D eigenvalue weighted by Gasteiger charge is -2.40. The molecule has 1 aromatic rings. The highest BCUT2D eigenvalue weighted by molar-refractivity contribution is 5.52. The third-order valence-electron chi connectivity index (χ3n) is 4.49. The van der Waals surface area contributed by atoms with Crippen molar-refractivity contribution >= 4 is 5.69 Å². The summed E-state index contributed by atoms with van der Waals surface area (Å²) in [4.78, 5) is 4.93. The number of piperazine rings is 1. The molecule has 0 aromatic heterocycles.